The number of rotatable bonds is 10. The minimum absolute atomic E-state index is 0.000556. The summed E-state index contributed by atoms with van der Waals surface area (Å²) in [5.74, 6) is -0.521. The van der Waals surface area contributed by atoms with Crippen LogP contribution in [-0.4, -0.2) is 35.4 Å². The molecule has 0 fully saturated rings. The van der Waals surface area contributed by atoms with E-state index in [0.717, 1.165) is 0 Å². The number of hydrogen-bond acceptors (Lipinski definition) is 5. The number of carbonyl (C=O) groups excluding carboxylic acids is 1. The van der Waals surface area contributed by atoms with Crippen LogP contribution in [0.15, 0.2) is 36.7 Å². The van der Waals surface area contributed by atoms with Crippen LogP contribution in [0.2, 0.25) is 26.2 Å². The van der Waals surface area contributed by atoms with E-state index in [2.05, 4.69) is 19.7 Å². The SMILES string of the molecule is C=C[Si](C)(C)OP(=O)(CCOC(=O)C(=C)C)O[Si](C)(C)C=C. The topological polar surface area (TPSA) is 61.8 Å². The second-order valence-corrected chi connectivity index (χ2v) is 16.4. The van der Waals surface area contributed by atoms with Crippen molar-refractivity contribution in [1.29, 1.82) is 0 Å². The van der Waals surface area contributed by atoms with Gasteiger partial charge >= 0.3 is 13.6 Å². The summed E-state index contributed by atoms with van der Waals surface area (Å²) in [5, 5.41) is 0. The number of ether oxygens (including phenoxy) is 1. The molecule has 0 saturated heterocycles. The van der Waals surface area contributed by atoms with Gasteiger partial charge in [-0.2, -0.15) is 0 Å². The Labute approximate surface area is 135 Å². The first-order valence-corrected chi connectivity index (χ1v) is 14.7. The highest BCUT2D eigenvalue weighted by Crippen LogP contribution is 2.52. The molecule has 0 aromatic heterocycles. The molecule has 0 unspecified atom stereocenters. The van der Waals surface area contributed by atoms with E-state index in [4.69, 9.17) is 13.2 Å². The molecule has 0 bridgehead atoms. The molecule has 0 amide bonds. The Bertz CT molecular complexity index is 473. The van der Waals surface area contributed by atoms with Gasteiger partial charge in [0.05, 0.1) is 6.16 Å². The van der Waals surface area contributed by atoms with E-state index < -0.39 is 30.2 Å². The Morgan fingerprint density at radius 1 is 1.09 bits per heavy atom. The van der Waals surface area contributed by atoms with Gasteiger partial charge in [0.15, 0.2) is 0 Å². The average Bonchev–Trinajstić information content (AvgIpc) is 2.36. The van der Waals surface area contributed by atoms with Crippen LogP contribution in [0, 0.1) is 0 Å². The molecule has 0 aliphatic heterocycles. The Hall–Kier alpha value is -0.726. The van der Waals surface area contributed by atoms with Gasteiger partial charge in [0.1, 0.15) is 6.61 Å². The molecule has 0 aromatic carbocycles. The van der Waals surface area contributed by atoms with Crippen LogP contribution in [0.3, 0.4) is 0 Å². The van der Waals surface area contributed by atoms with E-state index in [-0.39, 0.29) is 12.8 Å². The van der Waals surface area contributed by atoms with E-state index in [9.17, 15) is 9.36 Å². The molecule has 126 valence electrons. The van der Waals surface area contributed by atoms with E-state index in [0.29, 0.717) is 5.57 Å². The fourth-order valence-corrected chi connectivity index (χ4v) is 9.14. The van der Waals surface area contributed by atoms with Crippen molar-refractivity contribution in [1.82, 2.24) is 0 Å². The molecular formula is C14H27O5PSi2. The molecule has 0 aliphatic rings. The van der Waals surface area contributed by atoms with Gasteiger partial charge in [-0.15, -0.1) is 13.2 Å². The molecule has 5 nitrogen and oxygen atoms in total. The molecule has 0 N–H and O–H groups in total. The predicted octanol–water partition coefficient (Wildman–Crippen LogP) is 4.19. The molecule has 0 saturated carbocycles. The third-order valence-electron chi connectivity index (χ3n) is 2.68. The highest BCUT2D eigenvalue weighted by atomic mass is 31.2. The summed E-state index contributed by atoms with van der Waals surface area (Å²) in [5.41, 5.74) is 3.66. The normalized spacial score (nSPS) is 12.6. The maximum Gasteiger partial charge on any atom is 0.333 e. The van der Waals surface area contributed by atoms with E-state index in [1.54, 1.807) is 18.3 Å². The number of carbonyl (C=O) groups is 1. The summed E-state index contributed by atoms with van der Waals surface area (Å²) in [6, 6.07) is 0. The summed E-state index contributed by atoms with van der Waals surface area (Å²) in [6.07, 6.45) is 0.000556. The van der Waals surface area contributed by atoms with Crippen LogP contribution in [0.4, 0.5) is 0 Å². The summed E-state index contributed by atoms with van der Waals surface area (Å²) < 4.78 is 29.6. The van der Waals surface area contributed by atoms with Crippen molar-refractivity contribution in [3.05, 3.63) is 36.7 Å². The highest BCUT2D eigenvalue weighted by Gasteiger charge is 2.38. The average molecular weight is 363 g/mol. The van der Waals surface area contributed by atoms with Gasteiger partial charge < -0.3 is 13.2 Å². The van der Waals surface area contributed by atoms with Crippen LogP contribution < -0.4 is 0 Å². The van der Waals surface area contributed by atoms with Gasteiger partial charge in [-0.05, 0) is 33.1 Å². The Morgan fingerprint density at radius 3 is 1.82 bits per heavy atom. The van der Waals surface area contributed by atoms with E-state index in [1.165, 1.54) is 0 Å². The van der Waals surface area contributed by atoms with Crippen LogP contribution in [-0.2, 0) is 22.5 Å². The zero-order valence-corrected chi connectivity index (χ0v) is 17.1. The number of hydrogen-bond donors (Lipinski definition) is 0. The molecule has 0 spiro atoms. The van der Waals surface area contributed by atoms with Gasteiger partial charge in [-0.1, -0.05) is 18.0 Å². The standard InChI is InChI=1S/C14H27O5PSi2/c1-9-21(5,6)18-20(16,19-22(7,8)10-2)12-11-17-14(15)13(3)4/h9-10H,1-3,11-12H2,4-8H3. The molecule has 0 atom stereocenters. The van der Waals surface area contributed by atoms with Crippen molar-refractivity contribution >= 4 is 30.2 Å². The minimum Gasteiger partial charge on any atom is -0.462 e. The third-order valence-corrected chi connectivity index (χ3v) is 11.4. The van der Waals surface area contributed by atoms with Crippen molar-refractivity contribution in [2.75, 3.05) is 12.8 Å². The molecule has 22 heavy (non-hydrogen) atoms. The van der Waals surface area contributed by atoms with Crippen LogP contribution in [0.1, 0.15) is 6.92 Å². The summed E-state index contributed by atoms with van der Waals surface area (Å²) >= 11 is 0. The van der Waals surface area contributed by atoms with Crippen molar-refractivity contribution in [3.63, 3.8) is 0 Å². The summed E-state index contributed by atoms with van der Waals surface area (Å²) in [4.78, 5) is 11.4. The summed E-state index contributed by atoms with van der Waals surface area (Å²) in [7, 11) is -8.04. The van der Waals surface area contributed by atoms with Crippen LogP contribution in [0.5, 0.6) is 0 Å². The minimum atomic E-state index is -3.41. The van der Waals surface area contributed by atoms with E-state index in [1.807, 2.05) is 26.2 Å². The first-order valence-electron chi connectivity index (χ1n) is 6.97. The Kier molecular flexibility index (Phi) is 7.95. The first kappa shape index (κ1) is 21.3. The van der Waals surface area contributed by atoms with Gasteiger partial charge in [0, 0.05) is 5.57 Å². The van der Waals surface area contributed by atoms with Crippen LogP contribution in [0.25, 0.3) is 0 Å². The zero-order valence-electron chi connectivity index (χ0n) is 14.2. The Balaban J connectivity index is 5.05. The molecule has 0 aliphatic carbocycles. The second-order valence-electron chi connectivity index (χ2n) is 6.05. The lowest BCUT2D eigenvalue weighted by Gasteiger charge is -2.31. The quantitative estimate of drug-likeness (QED) is 0.252. The smallest absolute Gasteiger partial charge is 0.333 e. The van der Waals surface area contributed by atoms with Crippen molar-refractivity contribution in [2.24, 2.45) is 0 Å². The Morgan fingerprint density at radius 2 is 1.50 bits per heavy atom. The lowest BCUT2D eigenvalue weighted by molar-refractivity contribution is -0.138. The third kappa shape index (κ3) is 8.05. The molecule has 0 radical (unpaired) electrons. The maximum absolute atomic E-state index is 13.0. The monoisotopic (exact) mass is 362 g/mol. The van der Waals surface area contributed by atoms with Crippen molar-refractivity contribution in [3.8, 4) is 0 Å². The highest BCUT2D eigenvalue weighted by molar-refractivity contribution is 7.57. The lowest BCUT2D eigenvalue weighted by atomic mass is 10.4. The molecular weight excluding hydrogens is 335 g/mol. The molecule has 0 rings (SSSR count). The summed E-state index contributed by atoms with van der Waals surface area (Å²) in [6.45, 7) is 19.9. The maximum atomic E-state index is 13.0. The molecule has 0 aromatic rings. The van der Waals surface area contributed by atoms with Crippen LogP contribution >= 0.6 is 7.60 Å². The fraction of sp³-hybridized carbons (Fsp3) is 0.500. The van der Waals surface area contributed by atoms with Crippen molar-refractivity contribution < 1.29 is 22.5 Å². The first-order chi connectivity index (χ1) is 9.86. The lowest BCUT2D eigenvalue weighted by Crippen LogP contribution is -2.33. The zero-order chi connectivity index (χ0) is 17.6. The predicted molar refractivity (Wildman–Crippen MR) is 95.8 cm³/mol. The largest absolute Gasteiger partial charge is 0.462 e. The molecule has 8 heteroatoms. The molecule has 0 heterocycles. The van der Waals surface area contributed by atoms with Gasteiger partial charge in [0.25, 0.3) is 0 Å². The van der Waals surface area contributed by atoms with E-state index >= 15 is 0 Å². The number of esters is 1. The van der Waals surface area contributed by atoms with Crippen molar-refractivity contribution in [2.45, 2.75) is 33.1 Å². The van der Waals surface area contributed by atoms with Gasteiger partial charge in [-0.3, -0.25) is 4.57 Å². The van der Waals surface area contributed by atoms with Gasteiger partial charge in [-0.25, -0.2) is 4.79 Å². The second kappa shape index (κ2) is 8.22. The van der Waals surface area contributed by atoms with Gasteiger partial charge in [0.2, 0.25) is 16.6 Å². The fourth-order valence-electron chi connectivity index (χ4n) is 1.27.